The van der Waals surface area contributed by atoms with Gasteiger partial charge in [0.25, 0.3) is 0 Å². The predicted molar refractivity (Wildman–Crippen MR) is 101 cm³/mol. The molecule has 1 aliphatic heterocycles. The van der Waals surface area contributed by atoms with Crippen LogP contribution in [0.1, 0.15) is 39.0 Å². The van der Waals surface area contributed by atoms with E-state index in [1.807, 2.05) is 7.05 Å². The Kier molecular flexibility index (Phi) is 7.50. The lowest BCUT2D eigenvalue weighted by atomic mass is 9.88. The van der Waals surface area contributed by atoms with Crippen molar-refractivity contribution in [2.75, 3.05) is 46.7 Å². The number of nitrogens with one attached hydrogen (secondary N) is 2. The molecule has 134 valence electrons. The van der Waals surface area contributed by atoms with Crippen molar-refractivity contribution in [3.05, 3.63) is 0 Å². The van der Waals surface area contributed by atoms with Crippen LogP contribution in [0.15, 0.2) is 4.99 Å². The zero-order valence-electron chi connectivity index (χ0n) is 15.2. The number of guanidine groups is 1. The van der Waals surface area contributed by atoms with Gasteiger partial charge in [0, 0.05) is 43.6 Å². The molecule has 23 heavy (non-hydrogen) atoms. The van der Waals surface area contributed by atoms with Crippen LogP contribution in [0.3, 0.4) is 0 Å². The molecule has 6 heteroatoms. The van der Waals surface area contributed by atoms with Crippen LogP contribution in [0.2, 0.25) is 0 Å². The summed E-state index contributed by atoms with van der Waals surface area (Å²) >= 11 is 2.10. The largest absolute Gasteiger partial charge is 0.381 e. The minimum absolute atomic E-state index is 0.173. The van der Waals surface area contributed by atoms with E-state index >= 15 is 0 Å². The standard InChI is InChI=1S/C17H34N4OS/c1-5-23-15-7-6-14(12-15)20-16(18-2)19-13-17(21(3)4)8-10-22-11-9-17/h14-15H,5-13H2,1-4H3,(H2,18,19,20). The van der Waals surface area contributed by atoms with Gasteiger partial charge in [-0.3, -0.25) is 4.99 Å². The van der Waals surface area contributed by atoms with E-state index in [0.29, 0.717) is 6.04 Å². The van der Waals surface area contributed by atoms with Gasteiger partial charge in [0.2, 0.25) is 0 Å². The van der Waals surface area contributed by atoms with Crippen molar-refractivity contribution in [1.29, 1.82) is 0 Å². The summed E-state index contributed by atoms with van der Waals surface area (Å²) in [5.41, 5.74) is 0.173. The van der Waals surface area contributed by atoms with Crippen LogP contribution in [0.4, 0.5) is 0 Å². The minimum Gasteiger partial charge on any atom is -0.381 e. The van der Waals surface area contributed by atoms with Crippen LogP contribution in [0, 0.1) is 0 Å². The summed E-state index contributed by atoms with van der Waals surface area (Å²) in [7, 11) is 6.22. The SMILES string of the molecule is CCSC1CCC(NC(=NC)NCC2(N(C)C)CCOCC2)C1. The van der Waals surface area contributed by atoms with E-state index in [-0.39, 0.29) is 5.54 Å². The number of thioether (sulfide) groups is 1. The Bertz CT molecular complexity index is 383. The second-order valence-corrected chi connectivity index (χ2v) is 8.47. The van der Waals surface area contributed by atoms with Gasteiger partial charge in [-0.25, -0.2) is 0 Å². The third kappa shape index (κ3) is 5.26. The highest BCUT2D eigenvalue weighted by atomic mass is 32.2. The molecule has 5 nitrogen and oxygen atoms in total. The van der Waals surface area contributed by atoms with Crippen molar-refractivity contribution in [1.82, 2.24) is 15.5 Å². The molecule has 1 aliphatic carbocycles. The van der Waals surface area contributed by atoms with Crippen molar-refractivity contribution in [2.45, 2.75) is 55.9 Å². The molecule has 0 aromatic heterocycles. The number of hydrogen-bond acceptors (Lipinski definition) is 4. The molecule has 0 spiro atoms. The molecule has 2 rings (SSSR count). The predicted octanol–water partition coefficient (Wildman–Crippen LogP) is 1.94. The zero-order chi connectivity index (χ0) is 16.7. The Morgan fingerprint density at radius 1 is 1.30 bits per heavy atom. The molecule has 0 radical (unpaired) electrons. The van der Waals surface area contributed by atoms with Crippen LogP contribution in [-0.2, 0) is 4.74 Å². The Balaban J connectivity index is 1.82. The van der Waals surface area contributed by atoms with Gasteiger partial charge in [-0.1, -0.05) is 6.92 Å². The van der Waals surface area contributed by atoms with Crippen LogP contribution in [-0.4, -0.2) is 74.3 Å². The summed E-state index contributed by atoms with van der Waals surface area (Å²) in [6, 6.07) is 0.565. The molecule has 2 N–H and O–H groups in total. The maximum atomic E-state index is 5.55. The lowest BCUT2D eigenvalue weighted by Crippen LogP contribution is -2.57. The highest BCUT2D eigenvalue weighted by Gasteiger charge is 2.35. The van der Waals surface area contributed by atoms with Crippen molar-refractivity contribution in [3.63, 3.8) is 0 Å². The summed E-state index contributed by atoms with van der Waals surface area (Å²) in [5.74, 6) is 2.17. The molecule has 2 atom stereocenters. The van der Waals surface area contributed by atoms with Crippen molar-refractivity contribution in [3.8, 4) is 0 Å². The van der Waals surface area contributed by atoms with E-state index in [1.54, 1.807) is 0 Å². The maximum Gasteiger partial charge on any atom is 0.191 e. The molecule has 2 fully saturated rings. The second-order valence-electron chi connectivity index (χ2n) is 6.89. The number of nitrogens with zero attached hydrogens (tertiary/aromatic N) is 2. The molecule has 1 heterocycles. The molecule has 2 aliphatic rings. The van der Waals surface area contributed by atoms with Crippen LogP contribution in [0.25, 0.3) is 0 Å². The van der Waals surface area contributed by atoms with E-state index in [2.05, 4.69) is 53.3 Å². The smallest absolute Gasteiger partial charge is 0.191 e. The van der Waals surface area contributed by atoms with Crippen molar-refractivity contribution < 1.29 is 4.74 Å². The summed E-state index contributed by atoms with van der Waals surface area (Å²) < 4.78 is 5.55. The quantitative estimate of drug-likeness (QED) is 0.571. The highest BCUT2D eigenvalue weighted by molar-refractivity contribution is 7.99. The van der Waals surface area contributed by atoms with Gasteiger partial charge >= 0.3 is 0 Å². The molecule has 1 saturated carbocycles. The first-order chi connectivity index (χ1) is 11.1. The molecule has 0 aromatic carbocycles. The average molecular weight is 343 g/mol. The molecule has 0 aromatic rings. The normalized spacial score (nSPS) is 28.1. The summed E-state index contributed by atoms with van der Waals surface area (Å²) in [5, 5.41) is 8.01. The molecular weight excluding hydrogens is 308 g/mol. The minimum atomic E-state index is 0.173. The first kappa shape index (κ1) is 18.9. The fraction of sp³-hybridized carbons (Fsp3) is 0.941. The number of ether oxygens (including phenoxy) is 1. The topological polar surface area (TPSA) is 48.9 Å². The Hall–Kier alpha value is -0.460. The van der Waals surface area contributed by atoms with Crippen LogP contribution < -0.4 is 10.6 Å². The van der Waals surface area contributed by atoms with Crippen molar-refractivity contribution in [2.24, 2.45) is 4.99 Å². The fourth-order valence-electron chi connectivity index (χ4n) is 3.63. The molecular formula is C17H34N4OS. The van der Waals surface area contributed by atoms with Gasteiger partial charge < -0.3 is 20.3 Å². The summed E-state index contributed by atoms with van der Waals surface area (Å²) in [4.78, 5) is 6.78. The highest BCUT2D eigenvalue weighted by Crippen LogP contribution is 2.29. The molecule has 0 bridgehead atoms. The number of hydrogen-bond donors (Lipinski definition) is 2. The van der Waals surface area contributed by atoms with E-state index < -0.39 is 0 Å². The van der Waals surface area contributed by atoms with Gasteiger partial charge in [0.05, 0.1) is 0 Å². The van der Waals surface area contributed by atoms with Gasteiger partial charge in [0.15, 0.2) is 5.96 Å². The Labute approximate surface area is 146 Å². The molecule has 1 saturated heterocycles. The Morgan fingerprint density at radius 2 is 2.04 bits per heavy atom. The fourth-order valence-corrected chi connectivity index (χ4v) is 4.77. The number of likely N-dealkylation sites (N-methyl/N-ethyl adjacent to an activating group) is 1. The van der Waals surface area contributed by atoms with Gasteiger partial charge in [-0.05, 0) is 52.0 Å². The first-order valence-electron chi connectivity index (χ1n) is 8.93. The van der Waals surface area contributed by atoms with Gasteiger partial charge in [0.1, 0.15) is 0 Å². The monoisotopic (exact) mass is 342 g/mol. The average Bonchev–Trinajstić information content (AvgIpc) is 2.99. The van der Waals surface area contributed by atoms with E-state index in [1.165, 1.54) is 25.0 Å². The molecule has 2 unspecified atom stereocenters. The van der Waals surface area contributed by atoms with Crippen molar-refractivity contribution >= 4 is 17.7 Å². The maximum absolute atomic E-state index is 5.55. The van der Waals surface area contributed by atoms with Gasteiger partial charge in [-0.15, -0.1) is 0 Å². The summed E-state index contributed by atoms with van der Waals surface area (Å²) in [6.45, 7) is 4.87. The van der Waals surface area contributed by atoms with Crippen LogP contribution in [0.5, 0.6) is 0 Å². The second kappa shape index (κ2) is 9.14. The number of aliphatic imine (C=N–C) groups is 1. The number of rotatable bonds is 6. The zero-order valence-corrected chi connectivity index (χ0v) is 16.0. The summed E-state index contributed by atoms with van der Waals surface area (Å²) in [6.07, 6.45) is 5.98. The van der Waals surface area contributed by atoms with E-state index in [4.69, 9.17) is 4.74 Å². The van der Waals surface area contributed by atoms with Crippen LogP contribution >= 0.6 is 11.8 Å². The third-order valence-corrected chi connectivity index (χ3v) is 6.54. The lowest BCUT2D eigenvalue weighted by Gasteiger charge is -2.43. The van der Waals surface area contributed by atoms with E-state index in [9.17, 15) is 0 Å². The lowest BCUT2D eigenvalue weighted by molar-refractivity contribution is -0.00502. The first-order valence-corrected chi connectivity index (χ1v) is 9.98. The third-order valence-electron chi connectivity index (χ3n) is 5.31. The van der Waals surface area contributed by atoms with E-state index in [0.717, 1.165) is 43.8 Å². The van der Waals surface area contributed by atoms with Gasteiger partial charge in [-0.2, -0.15) is 11.8 Å². The Morgan fingerprint density at radius 3 is 2.65 bits per heavy atom. The molecule has 0 amide bonds.